The number of unbranched alkanes of at least 4 members (excludes halogenated alkanes) is 1. The topological polar surface area (TPSA) is 15.3 Å². The van der Waals surface area contributed by atoms with Crippen LogP contribution in [-0.4, -0.2) is 37.6 Å². The smallest absolute Gasteiger partial charge is 0.00884 e. The molecule has 1 aliphatic rings. The van der Waals surface area contributed by atoms with Gasteiger partial charge in [0.15, 0.2) is 0 Å². The van der Waals surface area contributed by atoms with Crippen LogP contribution in [0.3, 0.4) is 0 Å². The first-order valence-corrected chi connectivity index (χ1v) is 5.05. The Hall–Kier alpha value is -0.0800. The fourth-order valence-electron chi connectivity index (χ4n) is 1.78. The van der Waals surface area contributed by atoms with Crippen molar-refractivity contribution in [3.63, 3.8) is 0 Å². The van der Waals surface area contributed by atoms with Gasteiger partial charge in [-0.3, -0.25) is 0 Å². The van der Waals surface area contributed by atoms with Gasteiger partial charge < -0.3 is 17.1 Å². The number of likely N-dealkylation sites (tertiary alicyclic amines) is 1. The lowest BCUT2D eigenvalue weighted by Gasteiger charge is -2.31. The Labute approximate surface area is 76.3 Å². The average Bonchev–Trinajstić information content (AvgIpc) is 2.15. The first-order chi connectivity index (χ1) is 5.86. The Kier molecular flexibility index (Phi) is 4.62. The number of rotatable bonds is 4. The summed E-state index contributed by atoms with van der Waals surface area (Å²) in [7, 11) is 2.07. The zero-order chi connectivity index (χ0) is 8.81. The van der Waals surface area contributed by atoms with Crippen molar-refractivity contribution in [2.45, 2.75) is 31.7 Å². The highest BCUT2D eigenvalue weighted by Crippen LogP contribution is 2.10. The molecule has 1 rings (SSSR count). The van der Waals surface area contributed by atoms with E-state index in [1.807, 2.05) is 0 Å². The maximum Gasteiger partial charge on any atom is 0.00884 e. The molecule has 1 N–H and O–H groups in total. The van der Waals surface area contributed by atoms with Crippen molar-refractivity contribution < 1.29 is 0 Å². The molecule has 1 fully saturated rings. The SMILES string of the molecule is [CH2-]CCCN1CCC(NC)CC1. The summed E-state index contributed by atoms with van der Waals surface area (Å²) in [5, 5.41) is 3.34. The summed E-state index contributed by atoms with van der Waals surface area (Å²) in [6.45, 7) is 7.65. The zero-order valence-electron chi connectivity index (χ0n) is 8.18. The summed E-state index contributed by atoms with van der Waals surface area (Å²) >= 11 is 0. The van der Waals surface area contributed by atoms with E-state index < -0.39 is 0 Å². The first kappa shape index (κ1) is 10.0. The molecular weight excluding hydrogens is 148 g/mol. The normalized spacial score (nSPS) is 21.5. The van der Waals surface area contributed by atoms with Crippen molar-refractivity contribution in [2.75, 3.05) is 26.7 Å². The van der Waals surface area contributed by atoms with Crippen molar-refractivity contribution in [3.05, 3.63) is 6.92 Å². The van der Waals surface area contributed by atoms with E-state index in [-0.39, 0.29) is 0 Å². The standard InChI is InChI=1S/C10H21N2/c1-3-4-7-12-8-5-10(11-2)6-9-12/h10-11H,1,3-9H2,2H3/q-1. The molecule has 0 aromatic carbocycles. The quantitative estimate of drug-likeness (QED) is 0.638. The van der Waals surface area contributed by atoms with Crippen LogP contribution in [0, 0.1) is 6.92 Å². The number of nitrogens with one attached hydrogen (secondary N) is 1. The molecule has 1 heterocycles. The van der Waals surface area contributed by atoms with Gasteiger partial charge in [-0.25, -0.2) is 0 Å². The van der Waals surface area contributed by atoms with E-state index in [9.17, 15) is 0 Å². The monoisotopic (exact) mass is 169 g/mol. The van der Waals surface area contributed by atoms with Gasteiger partial charge in [0.2, 0.25) is 0 Å². The van der Waals surface area contributed by atoms with Gasteiger partial charge >= 0.3 is 0 Å². The maximum absolute atomic E-state index is 3.86. The van der Waals surface area contributed by atoms with Crippen LogP contribution in [0.15, 0.2) is 0 Å². The van der Waals surface area contributed by atoms with E-state index in [4.69, 9.17) is 0 Å². The second-order valence-electron chi connectivity index (χ2n) is 3.61. The van der Waals surface area contributed by atoms with Gasteiger partial charge in [-0.15, -0.1) is 0 Å². The van der Waals surface area contributed by atoms with Crippen molar-refractivity contribution in [1.82, 2.24) is 10.2 Å². The summed E-state index contributed by atoms with van der Waals surface area (Å²) < 4.78 is 0. The molecule has 0 atom stereocenters. The van der Waals surface area contributed by atoms with Crippen molar-refractivity contribution in [2.24, 2.45) is 0 Å². The van der Waals surface area contributed by atoms with E-state index in [2.05, 4.69) is 24.2 Å². The van der Waals surface area contributed by atoms with Crippen LogP contribution in [0.4, 0.5) is 0 Å². The Bertz CT molecular complexity index is 106. The highest BCUT2D eigenvalue weighted by atomic mass is 15.1. The molecule has 2 heteroatoms. The predicted molar refractivity (Wildman–Crippen MR) is 53.1 cm³/mol. The number of hydrogen-bond donors (Lipinski definition) is 1. The fourth-order valence-corrected chi connectivity index (χ4v) is 1.78. The minimum Gasteiger partial charge on any atom is -0.343 e. The van der Waals surface area contributed by atoms with Gasteiger partial charge in [0.25, 0.3) is 0 Å². The van der Waals surface area contributed by atoms with Crippen LogP contribution in [0.1, 0.15) is 25.7 Å². The molecule has 0 amide bonds. The molecule has 2 nitrogen and oxygen atoms in total. The predicted octanol–water partition coefficient (Wildman–Crippen LogP) is 1.28. The summed E-state index contributed by atoms with van der Waals surface area (Å²) in [4.78, 5) is 2.55. The summed E-state index contributed by atoms with van der Waals surface area (Å²) in [6.07, 6.45) is 4.96. The molecule has 0 spiro atoms. The third kappa shape index (κ3) is 3.11. The molecule has 72 valence electrons. The minimum absolute atomic E-state index is 0.765. The third-order valence-electron chi connectivity index (χ3n) is 2.72. The second kappa shape index (κ2) is 5.55. The van der Waals surface area contributed by atoms with Gasteiger partial charge in [-0.05, 0) is 39.5 Å². The molecule has 0 aliphatic carbocycles. The average molecular weight is 169 g/mol. The lowest BCUT2D eigenvalue weighted by molar-refractivity contribution is 0.200. The van der Waals surface area contributed by atoms with E-state index in [1.54, 1.807) is 0 Å². The minimum atomic E-state index is 0.765. The first-order valence-electron chi connectivity index (χ1n) is 5.05. The summed E-state index contributed by atoms with van der Waals surface area (Å²) in [6, 6.07) is 0.765. The second-order valence-corrected chi connectivity index (χ2v) is 3.61. The number of nitrogens with zero attached hydrogens (tertiary/aromatic N) is 1. The van der Waals surface area contributed by atoms with Crippen LogP contribution in [0.25, 0.3) is 0 Å². The molecule has 0 aromatic heterocycles. The lowest BCUT2D eigenvalue weighted by Crippen LogP contribution is -2.41. The Balaban J connectivity index is 2.09. The molecule has 0 aromatic rings. The van der Waals surface area contributed by atoms with E-state index >= 15 is 0 Å². The summed E-state index contributed by atoms with van der Waals surface area (Å²) in [5.74, 6) is 0. The van der Waals surface area contributed by atoms with E-state index in [0.717, 1.165) is 12.5 Å². The van der Waals surface area contributed by atoms with Gasteiger partial charge in [0, 0.05) is 6.04 Å². The van der Waals surface area contributed by atoms with Crippen LogP contribution in [-0.2, 0) is 0 Å². The zero-order valence-corrected chi connectivity index (χ0v) is 8.18. The molecule has 0 saturated carbocycles. The van der Waals surface area contributed by atoms with Crippen LogP contribution in [0.2, 0.25) is 0 Å². The largest absolute Gasteiger partial charge is 0.343 e. The molecule has 0 bridgehead atoms. The summed E-state index contributed by atoms with van der Waals surface area (Å²) in [5.41, 5.74) is 0. The van der Waals surface area contributed by atoms with Crippen LogP contribution >= 0.6 is 0 Å². The lowest BCUT2D eigenvalue weighted by atomic mass is 10.1. The van der Waals surface area contributed by atoms with Crippen LogP contribution in [0.5, 0.6) is 0 Å². The highest BCUT2D eigenvalue weighted by Gasteiger charge is 2.16. The van der Waals surface area contributed by atoms with Gasteiger partial charge in [0.1, 0.15) is 0 Å². The Morgan fingerprint density at radius 2 is 2.08 bits per heavy atom. The third-order valence-corrected chi connectivity index (χ3v) is 2.72. The molecule has 1 saturated heterocycles. The van der Waals surface area contributed by atoms with Gasteiger partial charge in [-0.2, -0.15) is 6.42 Å². The van der Waals surface area contributed by atoms with Gasteiger partial charge in [0.05, 0.1) is 0 Å². The molecule has 0 radical (unpaired) electrons. The molecular formula is C10H21N2-. The molecule has 1 aliphatic heterocycles. The van der Waals surface area contributed by atoms with E-state index in [0.29, 0.717) is 0 Å². The molecule has 12 heavy (non-hydrogen) atoms. The van der Waals surface area contributed by atoms with Crippen molar-refractivity contribution in [1.29, 1.82) is 0 Å². The van der Waals surface area contributed by atoms with Crippen molar-refractivity contribution >= 4 is 0 Å². The maximum atomic E-state index is 3.86. The molecule has 0 unspecified atom stereocenters. The van der Waals surface area contributed by atoms with Crippen LogP contribution < -0.4 is 5.32 Å². The fraction of sp³-hybridized carbons (Fsp3) is 0.900. The number of hydrogen-bond acceptors (Lipinski definition) is 2. The number of piperidine rings is 1. The highest BCUT2D eigenvalue weighted by molar-refractivity contribution is 4.75. The van der Waals surface area contributed by atoms with E-state index in [1.165, 1.54) is 38.9 Å². The Morgan fingerprint density at radius 3 is 2.58 bits per heavy atom. The van der Waals surface area contributed by atoms with Crippen molar-refractivity contribution in [3.8, 4) is 0 Å². The van der Waals surface area contributed by atoms with Gasteiger partial charge in [-0.1, -0.05) is 6.42 Å². The Morgan fingerprint density at radius 1 is 1.42 bits per heavy atom.